The van der Waals surface area contributed by atoms with Gasteiger partial charge in [-0.05, 0) is 48.2 Å². The van der Waals surface area contributed by atoms with Crippen molar-refractivity contribution in [3.05, 3.63) is 65.5 Å². The van der Waals surface area contributed by atoms with Crippen LogP contribution in [0.25, 0.3) is 0 Å². The summed E-state index contributed by atoms with van der Waals surface area (Å²) >= 11 is 0. The van der Waals surface area contributed by atoms with E-state index in [1.54, 1.807) is 14.2 Å². The third kappa shape index (κ3) is 8.22. The number of hydrogen-bond donors (Lipinski definition) is 2. The van der Waals surface area contributed by atoms with E-state index in [-0.39, 0.29) is 35.8 Å². The van der Waals surface area contributed by atoms with Crippen molar-refractivity contribution in [2.45, 2.75) is 18.9 Å². The fourth-order valence-corrected chi connectivity index (χ4v) is 3.77. The first-order valence-electron chi connectivity index (χ1n) is 10.8. The van der Waals surface area contributed by atoms with E-state index in [4.69, 9.17) is 9.47 Å². The van der Waals surface area contributed by atoms with Gasteiger partial charge in [-0.3, -0.25) is 9.89 Å². The molecule has 0 saturated carbocycles. The summed E-state index contributed by atoms with van der Waals surface area (Å²) in [5.41, 5.74) is 2.34. The quantitative estimate of drug-likeness (QED) is 0.214. The number of aryl methyl sites for hydroxylation is 1. The van der Waals surface area contributed by atoms with Gasteiger partial charge in [0.15, 0.2) is 5.96 Å². The Morgan fingerprint density at radius 3 is 2.59 bits per heavy atom. The molecule has 0 aliphatic carbocycles. The molecule has 1 aliphatic heterocycles. The Kier molecular flexibility index (Phi) is 11.8. The minimum atomic E-state index is -0.217. The molecule has 1 heterocycles. The van der Waals surface area contributed by atoms with E-state index in [9.17, 15) is 4.39 Å². The van der Waals surface area contributed by atoms with E-state index in [1.807, 2.05) is 24.3 Å². The third-order valence-electron chi connectivity index (χ3n) is 5.50. The Bertz CT molecular complexity index is 829. The second kappa shape index (κ2) is 14.3. The highest BCUT2D eigenvalue weighted by molar-refractivity contribution is 14.0. The predicted molar refractivity (Wildman–Crippen MR) is 138 cm³/mol. The molecule has 1 unspecified atom stereocenters. The number of rotatable bonds is 9. The number of benzene rings is 2. The van der Waals surface area contributed by atoms with Gasteiger partial charge in [-0.15, -0.1) is 24.0 Å². The molecule has 0 amide bonds. The highest BCUT2D eigenvalue weighted by atomic mass is 127. The van der Waals surface area contributed by atoms with Crippen molar-refractivity contribution in [3.63, 3.8) is 0 Å². The Balaban J connectivity index is 0.00000363. The van der Waals surface area contributed by atoms with Gasteiger partial charge < -0.3 is 20.1 Å². The molecule has 0 radical (unpaired) electrons. The van der Waals surface area contributed by atoms with Crippen LogP contribution in [0.5, 0.6) is 5.75 Å². The van der Waals surface area contributed by atoms with Gasteiger partial charge in [0.2, 0.25) is 0 Å². The van der Waals surface area contributed by atoms with Crippen molar-refractivity contribution in [1.82, 2.24) is 15.5 Å². The van der Waals surface area contributed by atoms with Crippen molar-refractivity contribution in [1.29, 1.82) is 0 Å². The summed E-state index contributed by atoms with van der Waals surface area (Å²) in [6.45, 7) is 4.65. The lowest BCUT2D eigenvalue weighted by Gasteiger charge is -2.35. The Morgan fingerprint density at radius 1 is 1.16 bits per heavy atom. The van der Waals surface area contributed by atoms with E-state index < -0.39 is 0 Å². The molecule has 1 aliphatic rings. The van der Waals surface area contributed by atoms with Crippen molar-refractivity contribution in [3.8, 4) is 5.75 Å². The summed E-state index contributed by atoms with van der Waals surface area (Å²) < 4.78 is 24.2. The molecule has 0 bridgehead atoms. The number of methoxy groups -OCH3 is 1. The van der Waals surface area contributed by atoms with Crippen LogP contribution in [-0.2, 0) is 11.2 Å². The lowest BCUT2D eigenvalue weighted by atomic mass is 10.0. The highest BCUT2D eigenvalue weighted by Gasteiger charge is 2.23. The van der Waals surface area contributed by atoms with Crippen LogP contribution < -0.4 is 15.4 Å². The summed E-state index contributed by atoms with van der Waals surface area (Å²) in [4.78, 5) is 6.73. The molecule has 0 aromatic heterocycles. The molecule has 1 saturated heterocycles. The topological polar surface area (TPSA) is 58.1 Å². The average Bonchev–Trinajstić information content (AvgIpc) is 2.82. The monoisotopic (exact) mass is 556 g/mol. The molecule has 1 atom stereocenters. The van der Waals surface area contributed by atoms with Crippen molar-refractivity contribution in [2.75, 3.05) is 53.6 Å². The number of nitrogens with one attached hydrogen (secondary N) is 2. The van der Waals surface area contributed by atoms with Crippen molar-refractivity contribution >= 4 is 29.9 Å². The zero-order valence-electron chi connectivity index (χ0n) is 18.9. The molecule has 8 heteroatoms. The van der Waals surface area contributed by atoms with Crippen LogP contribution in [0.3, 0.4) is 0 Å². The standard InChI is InChI=1S/C24H33FN4O2.HI/c1-26-24(27-12-4-6-19-5-3-7-22(17-19)30-2)28-18-23(29-13-15-31-16-14-29)20-8-10-21(25)11-9-20;/h3,5,7-11,17,23H,4,6,12-16,18H2,1-2H3,(H2,26,27,28);1H. The first-order valence-corrected chi connectivity index (χ1v) is 10.8. The van der Waals surface area contributed by atoms with E-state index in [1.165, 1.54) is 17.7 Å². The van der Waals surface area contributed by atoms with Crippen LogP contribution in [-0.4, -0.2) is 64.4 Å². The lowest BCUT2D eigenvalue weighted by Crippen LogP contribution is -2.46. The fourth-order valence-electron chi connectivity index (χ4n) is 3.77. The highest BCUT2D eigenvalue weighted by Crippen LogP contribution is 2.21. The normalized spacial score (nSPS) is 15.5. The van der Waals surface area contributed by atoms with Crippen LogP contribution in [0.15, 0.2) is 53.5 Å². The first-order chi connectivity index (χ1) is 15.2. The minimum Gasteiger partial charge on any atom is -0.497 e. The van der Waals surface area contributed by atoms with Crippen LogP contribution in [0.4, 0.5) is 4.39 Å². The fraction of sp³-hybridized carbons (Fsp3) is 0.458. The molecule has 6 nitrogen and oxygen atoms in total. The molecular formula is C24H34FIN4O2. The first kappa shape index (κ1) is 26.3. The molecule has 0 spiro atoms. The van der Waals surface area contributed by atoms with Gasteiger partial charge in [0.25, 0.3) is 0 Å². The zero-order valence-corrected chi connectivity index (χ0v) is 21.2. The maximum absolute atomic E-state index is 13.4. The summed E-state index contributed by atoms with van der Waals surface area (Å²) in [5.74, 6) is 1.44. The number of ether oxygens (including phenoxy) is 2. The van der Waals surface area contributed by atoms with E-state index in [0.29, 0.717) is 6.54 Å². The van der Waals surface area contributed by atoms with Gasteiger partial charge in [0, 0.05) is 33.2 Å². The Hall–Kier alpha value is -1.91. The largest absolute Gasteiger partial charge is 0.497 e. The molecule has 2 aromatic carbocycles. The molecule has 2 aromatic rings. The van der Waals surface area contributed by atoms with Gasteiger partial charge >= 0.3 is 0 Å². The molecule has 1 fully saturated rings. The lowest BCUT2D eigenvalue weighted by molar-refractivity contribution is 0.0170. The second-order valence-corrected chi connectivity index (χ2v) is 7.55. The number of morpholine rings is 1. The third-order valence-corrected chi connectivity index (χ3v) is 5.50. The Labute approximate surface area is 207 Å². The smallest absolute Gasteiger partial charge is 0.191 e. The van der Waals surface area contributed by atoms with Crippen molar-refractivity contribution in [2.24, 2.45) is 4.99 Å². The molecule has 32 heavy (non-hydrogen) atoms. The number of guanidine groups is 1. The summed E-state index contributed by atoms with van der Waals surface area (Å²) in [7, 11) is 3.46. The van der Waals surface area contributed by atoms with Gasteiger partial charge in [-0.2, -0.15) is 0 Å². The van der Waals surface area contributed by atoms with E-state index in [2.05, 4.69) is 32.7 Å². The minimum absolute atomic E-state index is 0. The van der Waals surface area contributed by atoms with Gasteiger partial charge in [-0.25, -0.2) is 4.39 Å². The molecule has 176 valence electrons. The van der Waals surface area contributed by atoms with Crippen LogP contribution in [0, 0.1) is 5.82 Å². The Morgan fingerprint density at radius 2 is 1.91 bits per heavy atom. The number of aliphatic imine (C=N–C) groups is 1. The maximum atomic E-state index is 13.4. The number of hydrogen-bond acceptors (Lipinski definition) is 4. The zero-order chi connectivity index (χ0) is 21.9. The van der Waals surface area contributed by atoms with Crippen LogP contribution in [0.2, 0.25) is 0 Å². The summed E-state index contributed by atoms with van der Waals surface area (Å²) in [6, 6.07) is 15.1. The SMILES string of the molecule is CN=C(NCCCc1cccc(OC)c1)NCC(c1ccc(F)cc1)N1CCOCC1.I. The second-order valence-electron chi connectivity index (χ2n) is 7.55. The predicted octanol–water partition coefficient (Wildman–Crippen LogP) is 3.62. The average molecular weight is 556 g/mol. The summed E-state index contributed by atoms with van der Waals surface area (Å²) in [6.07, 6.45) is 1.95. The summed E-state index contributed by atoms with van der Waals surface area (Å²) in [5, 5.41) is 6.83. The maximum Gasteiger partial charge on any atom is 0.191 e. The number of nitrogens with zero attached hydrogens (tertiary/aromatic N) is 2. The molecular weight excluding hydrogens is 522 g/mol. The molecule has 3 rings (SSSR count). The van der Waals surface area contributed by atoms with Gasteiger partial charge in [0.05, 0.1) is 26.4 Å². The van der Waals surface area contributed by atoms with E-state index in [0.717, 1.165) is 63.0 Å². The van der Waals surface area contributed by atoms with Gasteiger partial charge in [0.1, 0.15) is 11.6 Å². The molecule has 2 N–H and O–H groups in total. The van der Waals surface area contributed by atoms with E-state index >= 15 is 0 Å². The van der Waals surface area contributed by atoms with Crippen LogP contribution >= 0.6 is 24.0 Å². The van der Waals surface area contributed by atoms with Crippen molar-refractivity contribution < 1.29 is 13.9 Å². The number of halogens is 2. The van der Waals surface area contributed by atoms with Crippen LogP contribution in [0.1, 0.15) is 23.6 Å². The van der Waals surface area contributed by atoms with Gasteiger partial charge in [-0.1, -0.05) is 24.3 Å².